The van der Waals surface area contributed by atoms with Crippen LogP contribution in [0, 0.1) is 5.92 Å². The first-order valence-corrected chi connectivity index (χ1v) is 12.4. The van der Waals surface area contributed by atoms with E-state index >= 15 is 0 Å². The van der Waals surface area contributed by atoms with Crippen LogP contribution in [0.5, 0.6) is 0 Å². The third-order valence-electron chi connectivity index (χ3n) is 6.09. The molecule has 3 rings (SSSR count). The molecule has 28 heavy (non-hydrogen) atoms. The maximum Gasteiger partial charge on any atom is 0.0790 e. The quantitative estimate of drug-likeness (QED) is 0.297. The minimum Gasteiger partial charge on any atom is -0.388 e. The first-order valence-electron chi connectivity index (χ1n) is 10.7. The second-order valence-electron chi connectivity index (χ2n) is 8.11. The third-order valence-corrected chi connectivity index (χ3v) is 7.98. The van der Waals surface area contributed by atoms with Crippen molar-refractivity contribution in [2.45, 2.75) is 81.1 Å². The van der Waals surface area contributed by atoms with Crippen LogP contribution in [-0.4, -0.2) is 15.9 Å². The number of halogens is 2. The molecule has 0 saturated heterocycles. The summed E-state index contributed by atoms with van der Waals surface area (Å²) in [7, 11) is 0. The van der Waals surface area contributed by atoms with Crippen molar-refractivity contribution in [3.05, 3.63) is 57.8 Å². The first-order chi connectivity index (χ1) is 13.6. The smallest absolute Gasteiger partial charge is 0.0790 e. The predicted molar refractivity (Wildman–Crippen MR) is 123 cm³/mol. The van der Waals surface area contributed by atoms with Crippen LogP contribution < -0.4 is 0 Å². The Morgan fingerprint density at radius 1 is 1.07 bits per heavy atom. The van der Waals surface area contributed by atoms with Gasteiger partial charge >= 0.3 is 0 Å². The van der Waals surface area contributed by atoms with Crippen molar-refractivity contribution in [1.82, 2.24) is 0 Å². The molecule has 5 atom stereocenters. The van der Waals surface area contributed by atoms with E-state index in [4.69, 9.17) is 23.2 Å². The van der Waals surface area contributed by atoms with Crippen LogP contribution in [0.4, 0.5) is 0 Å². The summed E-state index contributed by atoms with van der Waals surface area (Å²) in [6, 6.07) is 12.8. The van der Waals surface area contributed by atoms with Crippen molar-refractivity contribution in [3.63, 3.8) is 0 Å². The van der Waals surface area contributed by atoms with Gasteiger partial charge in [0, 0.05) is 21.5 Å². The molecule has 1 N–H and O–H groups in total. The normalized spacial score (nSPS) is 25.9. The van der Waals surface area contributed by atoms with E-state index < -0.39 is 0 Å². The Kier molecular flexibility index (Phi) is 8.71. The van der Waals surface area contributed by atoms with E-state index in [-0.39, 0.29) is 16.9 Å². The third kappa shape index (κ3) is 5.75. The molecule has 1 saturated carbocycles. The number of aryl methyl sites for hydroxylation is 1. The Balaban J connectivity index is 1.62. The van der Waals surface area contributed by atoms with Gasteiger partial charge in [0.05, 0.1) is 6.10 Å². The summed E-state index contributed by atoms with van der Waals surface area (Å²) in [6.45, 7) is 2.19. The van der Waals surface area contributed by atoms with Crippen LogP contribution in [0.2, 0.25) is 0 Å². The zero-order chi connectivity index (χ0) is 19.9. The molecule has 1 heterocycles. The number of hydrogen-bond acceptors (Lipinski definition) is 2. The van der Waals surface area contributed by atoms with E-state index in [0.29, 0.717) is 11.8 Å². The monoisotopic (exact) mass is 438 g/mol. The number of aliphatic hydroxyl groups is 1. The number of rotatable bonds is 10. The zero-order valence-electron chi connectivity index (χ0n) is 16.7. The number of hydrogen-bond donors (Lipinski definition) is 1. The summed E-state index contributed by atoms with van der Waals surface area (Å²) >= 11 is 15.3. The lowest BCUT2D eigenvalue weighted by molar-refractivity contribution is 0.163. The predicted octanol–water partition coefficient (Wildman–Crippen LogP) is 7.70. The maximum absolute atomic E-state index is 10.4. The number of benzene rings is 1. The Morgan fingerprint density at radius 2 is 1.86 bits per heavy atom. The number of aliphatic hydroxyl groups excluding tert-OH is 1. The highest BCUT2D eigenvalue weighted by Gasteiger charge is 2.41. The summed E-state index contributed by atoms with van der Waals surface area (Å²) in [4.78, 5) is 1.45. The molecule has 154 valence electrons. The summed E-state index contributed by atoms with van der Waals surface area (Å²) < 4.78 is 0. The van der Waals surface area contributed by atoms with Crippen LogP contribution in [0.1, 0.15) is 79.9 Å². The molecule has 0 aliphatic heterocycles. The van der Waals surface area contributed by atoms with Crippen molar-refractivity contribution in [2.75, 3.05) is 0 Å². The molecule has 0 radical (unpaired) electrons. The second kappa shape index (κ2) is 11.0. The van der Waals surface area contributed by atoms with Crippen molar-refractivity contribution in [2.24, 2.45) is 5.92 Å². The fourth-order valence-electron chi connectivity index (χ4n) is 4.51. The van der Waals surface area contributed by atoms with E-state index in [1.165, 1.54) is 23.3 Å². The molecule has 1 aliphatic carbocycles. The van der Waals surface area contributed by atoms with Crippen molar-refractivity contribution in [1.29, 1.82) is 0 Å². The van der Waals surface area contributed by atoms with Crippen molar-refractivity contribution >= 4 is 34.5 Å². The van der Waals surface area contributed by atoms with Gasteiger partial charge in [0.1, 0.15) is 0 Å². The van der Waals surface area contributed by atoms with Gasteiger partial charge in [-0.3, -0.25) is 0 Å². The minimum atomic E-state index is -0.363. The lowest BCUT2D eigenvalue weighted by Gasteiger charge is -2.24. The average molecular weight is 439 g/mol. The molecule has 1 fully saturated rings. The van der Waals surface area contributed by atoms with Gasteiger partial charge in [-0.05, 0) is 60.6 Å². The number of unbranched alkanes of at least 4 members (excludes halogenated alkanes) is 2. The molecule has 5 unspecified atom stereocenters. The van der Waals surface area contributed by atoms with Crippen LogP contribution >= 0.6 is 34.5 Å². The van der Waals surface area contributed by atoms with Crippen LogP contribution in [-0.2, 0) is 6.42 Å². The van der Waals surface area contributed by atoms with Gasteiger partial charge in [0.2, 0.25) is 0 Å². The molecule has 4 heteroatoms. The zero-order valence-corrected chi connectivity index (χ0v) is 19.0. The molecule has 1 aliphatic rings. The van der Waals surface area contributed by atoms with Gasteiger partial charge in [-0.2, -0.15) is 0 Å². The Labute approximate surface area is 184 Å². The molecule has 0 bridgehead atoms. The largest absolute Gasteiger partial charge is 0.388 e. The van der Waals surface area contributed by atoms with E-state index in [2.05, 4.69) is 48.7 Å². The fourth-order valence-corrected chi connectivity index (χ4v) is 6.35. The SMILES string of the molecule is CCCCCC(O)c1ccc(C2C(Cl)CC(Cl)C2CCCc2cccs2)cc1. The van der Waals surface area contributed by atoms with Gasteiger partial charge in [-0.15, -0.1) is 34.5 Å². The Bertz CT molecular complexity index is 685. The molecule has 1 aromatic heterocycles. The first kappa shape index (κ1) is 22.2. The van der Waals surface area contributed by atoms with Gasteiger partial charge < -0.3 is 5.11 Å². The highest BCUT2D eigenvalue weighted by atomic mass is 35.5. The van der Waals surface area contributed by atoms with Crippen LogP contribution in [0.3, 0.4) is 0 Å². The summed E-state index contributed by atoms with van der Waals surface area (Å²) in [5, 5.41) is 12.8. The summed E-state index contributed by atoms with van der Waals surface area (Å²) in [5.41, 5.74) is 2.29. The lowest BCUT2D eigenvalue weighted by atomic mass is 9.84. The standard InChI is InChI=1S/C24H32Cl2OS/c1-2-3-4-10-23(27)17-11-13-18(14-12-17)24-20(21(25)16-22(24)26)9-5-7-19-8-6-15-28-19/h6,8,11-15,20-24,27H,2-5,7,9-10,16H2,1H3. The Morgan fingerprint density at radius 3 is 2.54 bits per heavy atom. The van der Waals surface area contributed by atoms with Crippen LogP contribution in [0.25, 0.3) is 0 Å². The Hall–Kier alpha value is -0.540. The van der Waals surface area contributed by atoms with Gasteiger partial charge in [0.15, 0.2) is 0 Å². The van der Waals surface area contributed by atoms with E-state index in [1.54, 1.807) is 0 Å². The second-order valence-corrected chi connectivity index (χ2v) is 10.3. The van der Waals surface area contributed by atoms with Crippen molar-refractivity contribution in [3.8, 4) is 0 Å². The van der Waals surface area contributed by atoms with E-state index in [1.807, 2.05) is 11.3 Å². The van der Waals surface area contributed by atoms with E-state index in [9.17, 15) is 5.11 Å². The van der Waals surface area contributed by atoms with Crippen LogP contribution in [0.15, 0.2) is 41.8 Å². The molecule has 2 aromatic rings. The van der Waals surface area contributed by atoms with Gasteiger partial charge in [-0.25, -0.2) is 0 Å². The summed E-state index contributed by atoms with van der Waals surface area (Å²) in [5.74, 6) is 0.725. The number of thiophene rings is 1. The average Bonchev–Trinajstić information content (AvgIpc) is 3.30. The van der Waals surface area contributed by atoms with Gasteiger partial charge in [-0.1, -0.05) is 56.5 Å². The van der Waals surface area contributed by atoms with Gasteiger partial charge in [0.25, 0.3) is 0 Å². The molecule has 0 amide bonds. The lowest BCUT2D eigenvalue weighted by Crippen LogP contribution is -2.17. The number of alkyl halides is 2. The topological polar surface area (TPSA) is 20.2 Å². The highest BCUT2D eigenvalue weighted by molar-refractivity contribution is 7.09. The molecular formula is C24H32Cl2OS. The fraction of sp³-hybridized carbons (Fsp3) is 0.583. The summed E-state index contributed by atoms with van der Waals surface area (Å²) in [6.07, 6.45) is 8.17. The minimum absolute atomic E-state index is 0.0922. The molecule has 1 aromatic carbocycles. The highest BCUT2D eigenvalue weighted by Crippen LogP contribution is 2.47. The maximum atomic E-state index is 10.4. The molecule has 1 nitrogen and oxygen atoms in total. The molecule has 0 spiro atoms. The van der Waals surface area contributed by atoms with E-state index in [0.717, 1.165) is 44.1 Å². The van der Waals surface area contributed by atoms with Crippen molar-refractivity contribution < 1.29 is 5.11 Å². The molecular weight excluding hydrogens is 407 g/mol.